The Morgan fingerprint density at radius 3 is 2.65 bits per heavy atom. The van der Waals surface area contributed by atoms with E-state index >= 15 is 0 Å². The van der Waals surface area contributed by atoms with E-state index in [1.54, 1.807) is 0 Å². The Bertz CT molecular complexity index is 263. The third-order valence-electron chi connectivity index (χ3n) is 4.04. The summed E-state index contributed by atoms with van der Waals surface area (Å²) in [5.74, 6) is 0.513. The second-order valence-corrected chi connectivity index (χ2v) is 6.86. The normalized spacial score (nSPS) is 25.4. The van der Waals surface area contributed by atoms with E-state index in [0.717, 1.165) is 19.4 Å². The number of hydrogen-bond acceptors (Lipinski definition) is 1. The van der Waals surface area contributed by atoms with Crippen molar-refractivity contribution in [1.29, 1.82) is 0 Å². The Hall–Kier alpha value is -0.240. The molecule has 1 aliphatic carbocycles. The lowest BCUT2D eigenvalue weighted by Gasteiger charge is -2.39. The van der Waals surface area contributed by atoms with Crippen LogP contribution in [-0.4, -0.2) is 29.8 Å². The van der Waals surface area contributed by atoms with Gasteiger partial charge in [0.05, 0.1) is 0 Å². The van der Waals surface area contributed by atoms with Gasteiger partial charge in [-0.05, 0) is 31.6 Å². The van der Waals surface area contributed by atoms with Gasteiger partial charge in [0.2, 0.25) is 5.91 Å². The Balaban J connectivity index is 2.55. The van der Waals surface area contributed by atoms with Crippen molar-refractivity contribution in [3.63, 3.8) is 0 Å². The first-order valence-electron chi connectivity index (χ1n) is 6.73. The molecule has 2 atom stereocenters. The zero-order valence-corrected chi connectivity index (χ0v) is 12.4. The van der Waals surface area contributed by atoms with Crippen LogP contribution in [0.1, 0.15) is 52.9 Å². The molecule has 0 aliphatic heterocycles. The third-order valence-corrected chi connectivity index (χ3v) is 4.26. The molecule has 1 amide bonds. The van der Waals surface area contributed by atoms with E-state index in [0.29, 0.717) is 5.91 Å². The smallest absolute Gasteiger partial charge is 0.225 e. The summed E-state index contributed by atoms with van der Waals surface area (Å²) in [4.78, 5) is 14.3. The number of rotatable bonds is 4. The lowest BCUT2D eigenvalue weighted by atomic mass is 9.68. The summed E-state index contributed by atoms with van der Waals surface area (Å²) >= 11 is 5.93. The molecule has 0 bridgehead atoms. The lowest BCUT2D eigenvalue weighted by Crippen LogP contribution is -2.42. The molecular formula is C14H26ClNO. The quantitative estimate of drug-likeness (QED) is 0.706. The van der Waals surface area contributed by atoms with E-state index in [9.17, 15) is 4.79 Å². The molecule has 0 aromatic carbocycles. The van der Waals surface area contributed by atoms with E-state index in [-0.39, 0.29) is 16.7 Å². The summed E-state index contributed by atoms with van der Waals surface area (Å²) in [6.45, 7) is 7.21. The number of alkyl halides is 1. The van der Waals surface area contributed by atoms with Gasteiger partial charge in [0.1, 0.15) is 0 Å². The first-order chi connectivity index (χ1) is 7.84. The Morgan fingerprint density at radius 2 is 2.12 bits per heavy atom. The maximum absolute atomic E-state index is 12.4. The Kier molecular flexibility index (Phi) is 5.30. The summed E-state index contributed by atoms with van der Waals surface area (Å²) < 4.78 is 0. The fourth-order valence-corrected chi connectivity index (χ4v) is 2.80. The minimum atomic E-state index is 0.143. The van der Waals surface area contributed by atoms with Crippen LogP contribution in [0.4, 0.5) is 0 Å². The third kappa shape index (κ3) is 4.17. The topological polar surface area (TPSA) is 20.3 Å². The summed E-state index contributed by atoms with van der Waals surface area (Å²) in [5, 5.41) is 0.143. The van der Waals surface area contributed by atoms with Crippen molar-refractivity contribution in [2.45, 2.75) is 58.3 Å². The molecular weight excluding hydrogens is 234 g/mol. The molecule has 100 valence electrons. The molecule has 2 nitrogen and oxygen atoms in total. The van der Waals surface area contributed by atoms with Crippen LogP contribution in [0.15, 0.2) is 0 Å². The lowest BCUT2D eigenvalue weighted by molar-refractivity contribution is -0.139. The average Bonchev–Trinajstić information content (AvgIpc) is 2.24. The van der Waals surface area contributed by atoms with Gasteiger partial charge in [-0.2, -0.15) is 0 Å². The van der Waals surface area contributed by atoms with Gasteiger partial charge in [0, 0.05) is 24.9 Å². The van der Waals surface area contributed by atoms with Crippen LogP contribution in [0, 0.1) is 11.3 Å². The number of carbonyl (C=O) groups is 1. The van der Waals surface area contributed by atoms with Gasteiger partial charge in [-0.3, -0.25) is 4.79 Å². The van der Waals surface area contributed by atoms with Gasteiger partial charge < -0.3 is 4.90 Å². The monoisotopic (exact) mass is 259 g/mol. The molecule has 0 saturated heterocycles. The zero-order valence-electron chi connectivity index (χ0n) is 11.6. The Labute approximate surface area is 111 Å². The average molecular weight is 260 g/mol. The molecule has 17 heavy (non-hydrogen) atoms. The minimum absolute atomic E-state index is 0.143. The molecule has 1 fully saturated rings. The van der Waals surface area contributed by atoms with E-state index in [1.165, 1.54) is 19.3 Å². The number of halogens is 1. The van der Waals surface area contributed by atoms with Crippen molar-refractivity contribution in [2.75, 3.05) is 13.6 Å². The summed E-state index contributed by atoms with van der Waals surface area (Å²) in [5.41, 5.74) is 0.163. The summed E-state index contributed by atoms with van der Waals surface area (Å²) in [6.07, 6.45) is 5.55. The van der Waals surface area contributed by atoms with Crippen molar-refractivity contribution in [1.82, 2.24) is 4.90 Å². The second kappa shape index (κ2) is 6.08. The van der Waals surface area contributed by atoms with Crippen LogP contribution in [0.25, 0.3) is 0 Å². The maximum Gasteiger partial charge on any atom is 0.225 e. The molecule has 1 saturated carbocycles. The first kappa shape index (κ1) is 14.8. The van der Waals surface area contributed by atoms with Gasteiger partial charge in [0.25, 0.3) is 0 Å². The van der Waals surface area contributed by atoms with Crippen molar-refractivity contribution >= 4 is 17.5 Å². The highest BCUT2D eigenvalue weighted by atomic mass is 35.5. The second-order valence-electron chi connectivity index (χ2n) is 6.12. The largest absolute Gasteiger partial charge is 0.345 e. The molecule has 0 N–H and O–H groups in total. The molecule has 1 rings (SSSR count). The van der Waals surface area contributed by atoms with Crippen molar-refractivity contribution in [2.24, 2.45) is 11.3 Å². The first-order valence-corrected chi connectivity index (χ1v) is 7.17. The SMILES string of the molecule is CC(Cl)CCN(C)C(=O)C1CCCCC1(C)C. The molecule has 0 aromatic heterocycles. The van der Waals surface area contributed by atoms with Crippen molar-refractivity contribution < 1.29 is 4.79 Å². The highest BCUT2D eigenvalue weighted by Crippen LogP contribution is 2.41. The molecule has 0 spiro atoms. The van der Waals surface area contributed by atoms with Crippen LogP contribution in [0.2, 0.25) is 0 Å². The maximum atomic E-state index is 12.4. The van der Waals surface area contributed by atoms with Gasteiger partial charge >= 0.3 is 0 Å². The van der Waals surface area contributed by atoms with Crippen LogP contribution >= 0.6 is 11.6 Å². The Morgan fingerprint density at radius 1 is 1.47 bits per heavy atom. The highest BCUT2D eigenvalue weighted by molar-refractivity contribution is 6.20. The van der Waals surface area contributed by atoms with Gasteiger partial charge in [-0.15, -0.1) is 11.6 Å². The van der Waals surface area contributed by atoms with Crippen LogP contribution in [-0.2, 0) is 4.79 Å². The fraction of sp³-hybridized carbons (Fsp3) is 0.929. The van der Waals surface area contributed by atoms with Gasteiger partial charge in [0.15, 0.2) is 0 Å². The van der Waals surface area contributed by atoms with Crippen molar-refractivity contribution in [3.8, 4) is 0 Å². The number of nitrogens with zero attached hydrogens (tertiary/aromatic N) is 1. The predicted octanol–water partition coefficient (Wildman–Crippen LogP) is 3.68. The van der Waals surface area contributed by atoms with Gasteiger partial charge in [-0.25, -0.2) is 0 Å². The van der Waals surface area contributed by atoms with E-state index in [1.807, 2.05) is 18.9 Å². The van der Waals surface area contributed by atoms with Crippen LogP contribution in [0.5, 0.6) is 0 Å². The standard InChI is InChI=1S/C14H26ClNO/c1-11(15)8-10-16(4)13(17)12-7-5-6-9-14(12,2)3/h11-12H,5-10H2,1-4H3. The molecule has 0 aromatic rings. The van der Waals surface area contributed by atoms with Crippen LogP contribution < -0.4 is 0 Å². The molecule has 0 radical (unpaired) electrons. The minimum Gasteiger partial charge on any atom is -0.345 e. The number of hydrogen-bond donors (Lipinski definition) is 0. The van der Waals surface area contributed by atoms with E-state index < -0.39 is 0 Å². The molecule has 3 heteroatoms. The summed E-state index contributed by atoms with van der Waals surface area (Å²) in [6, 6.07) is 0. The summed E-state index contributed by atoms with van der Waals surface area (Å²) in [7, 11) is 1.91. The van der Waals surface area contributed by atoms with Crippen molar-refractivity contribution in [3.05, 3.63) is 0 Å². The molecule has 1 aliphatic rings. The molecule has 2 unspecified atom stereocenters. The van der Waals surface area contributed by atoms with E-state index in [2.05, 4.69) is 13.8 Å². The molecule has 0 heterocycles. The van der Waals surface area contributed by atoms with Crippen LogP contribution in [0.3, 0.4) is 0 Å². The zero-order chi connectivity index (χ0) is 13.1. The number of amides is 1. The number of carbonyl (C=O) groups excluding carboxylic acids is 1. The fourth-order valence-electron chi connectivity index (χ4n) is 2.70. The van der Waals surface area contributed by atoms with Gasteiger partial charge in [-0.1, -0.05) is 26.7 Å². The highest BCUT2D eigenvalue weighted by Gasteiger charge is 2.38. The van der Waals surface area contributed by atoms with E-state index in [4.69, 9.17) is 11.6 Å². The predicted molar refractivity (Wildman–Crippen MR) is 73.3 cm³/mol.